The number of aromatic amines is 1. The van der Waals surface area contributed by atoms with E-state index in [1.54, 1.807) is 54.6 Å². The van der Waals surface area contributed by atoms with Gasteiger partial charge in [-0.1, -0.05) is 36.4 Å². The van der Waals surface area contributed by atoms with Crippen LogP contribution in [0.25, 0.3) is 11.0 Å². The zero-order valence-corrected chi connectivity index (χ0v) is 17.8. The van der Waals surface area contributed by atoms with Crippen LogP contribution in [-0.4, -0.2) is 30.8 Å². The summed E-state index contributed by atoms with van der Waals surface area (Å²) in [6.07, 6.45) is 0.302. The molecule has 32 heavy (non-hydrogen) atoms. The Kier molecular flexibility index (Phi) is 6.29. The highest BCUT2D eigenvalue weighted by Gasteiger charge is 2.14. The smallest absolute Gasteiger partial charge is 0.240 e. The maximum Gasteiger partial charge on any atom is 0.240 e. The molecule has 3 aromatic carbocycles. The first-order valence-corrected chi connectivity index (χ1v) is 11.5. The van der Waals surface area contributed by atoms with Crippen LogP contribution >= 0.6 is 0 Å². The van der Waals surface area contributed by atoms with E-state index in [2.05, 4.69) is 20.0 Å². The third-order valence-electron chi connectivity index (χ3n) is 4.83. The number of hydrogen-bond acceptors (Lipinski definition) is 4. The molecule has 0 aliphatic carbocycles. The number of imidazole rings is 1. The molecule has 3 N–H and O–H groups in total. The number of sulfonamides is 1. The second kappa shape index (κ2) is 9.29. The number of nitrogens with one attached hydrogen (secondary N) is 3. The Balaban J connectivity index is 1.35. The number of hydrogen-bond donors (Lipinski definition) is 3. The van der Waals surface area contributed by atoms with Gasteiger partial charge in [-0.25, -0.2) is 22.5 Å². The number of benzene rings is 3. The van der Waals surface area contributed by atoms with Gasteiger partial charge in [0.2, 0.25) is 15.9 Å². The fourth-order valence-electron chi connectivity index (χ4n) is 3.25. The van der Waals surface area contributed by atoms with Gasteiger partial charge in [0.05, 0.1) is 15.9 Å². The standard InChI is InChI=1S/C23H21FN4O3S/c24-19-9-5-4-6-16(19)14-22-27-20-11-10-17(15-21(20)28-22)26-23(29)12-13-25-32(30,31)18-7-2-1-3-8-18/h1-11,15,25H,12-14H2,(H,26,29)(H,27,28). The predicted octanol–water partition coefficient (Wildman–Crippen LogP) is 3.60. The minimum atomic E-state index is -3.65. The number of H-pyrrole nitrogens is 1. The largest absolute Gasteiger partial charge is 0.342 e. The average molecular weight is 453 g/mol. The molecule has 164 valence electrons. The summed E-state index contributed by atoms with van der Waals surface area (Å²) >= 11 is 0. The molecule has 4 rings (SSSR count). The van der Waals surface area contributed by atoms with Gasteiger partial charge in [0, 0.05) is 25.1 Å². The van der Waals surface area contributed by atoms with Crippen molar-refractivity contribution >= 4 is 32.7 Å². The first-order valence-electron chi connectivity index (χ1n) is 9.97. The van der Waals surface area contributed by atoms with Crippen LogP contribution in [0.3, 0.4) is 0 Å². The number of anilines is 1. The Morgan fingerprint density at radius 1 is 1.00 bits per heavy atom. The molecule has 1 amide bonds. The van der Waals surface area contributed by atoms with E-state index in [9.17, 15) is 17.6 Å². The van der Waals surface area contributed by atoms with Crippen LogP contribution in [-0.2, 0) is 21.2 Å². The number of fused-ring (bicyclic) bond motifs is 1. The molecule has 1 heterocycles. The summed E-state index contributed by atoms with van der Waals surface area (Å²) in [5.74, 6) is -0.00102. The molecule has 0 bridgehead atoms. The van der Waals surface area contributed by atoms with Gasteiger partial charge in [-0.2, -0.15) is 0 Å². The molecule has 0 aliphatic heterocycles. The number of nitrogens with zero attached hydrogens (tertiary/aromatic N) is 1. The van der Waals surface area contributed by atoms with E-state index >= 15 is 0 Å². The summed E-state index contributed by atoms with van der Waals surface area (Å²) in [4.78, 5) is 20.0. The Morgan fingerprint density at radius 2 is 1.75 bits per heavy atom. The Hall–Kier alpha value is -3.56. The quantitative estimate of drug-likeness (QED) is 0.380. The third kappa shape index (κ3) is 5.19. The lowest BCUT2D eigenvalue weighted by Crippen LogP contribution is -2.27. The summed E-state index contributed by atoms with van der Waals surface area (Å²) in [6.45, 7) is -0.0256. The van der Waals surface area contributed by atoms with E-state index in [4.69, 9.17) is 0 Å². The maximum atomic E-state index is 13.9. The van der Waals surface area contributed by atoms with E-state index in [-0.39, 0.29) is 29.6 Å². The van der Waals surface area contributed by atoms with Crippen molar-refractivity contribution in [2.45, 2.75) is 17.7 Å². The summed E-state index contributed by atoms with van der Waals surface area (Å²) in [5, 5.41) is 2.75. The monoisotopic (exact) mass is 452 g/mol. The number of aromatic nitrogens is 2. The van der Waals surface area contributed by atoms with Crippen molar-refractivity contribution in [2.24, 2.45) is 0 Å². The van der Waals surface area contributed by atoms with Crippen molar-refractivity contribution in [2.75, 3.05) is 11.9 Å². The normalized spacial score (nSPS) is 11.5. The van der Waals surface area contributed by atoms with E-state index in [1.807, 2.05) is 0 Å². The molecule has 0 saturated heterocycles. The van der Waals surface area contributed by atoms with Gasteiger partial charge in [0.15, 0.2) is 0 Å². The molecular formula is C23H21FN4O3S. The van der Waals surface area contributed by atoms with Crippen LogP contribution < -0.4 is 10.0 Å². The minimum absolute atomic E-state index is 0.0222. The van der Waals surface area contributed by atoms with Gasteiger partial charge in [0.25, 0.3) is 0 Å². The topological polar surface area (TPSA) is 104 Å². The van der Waals surface area contributed by atoms with E-state index < -0.39 is 10.0 Å². The molecule has 4 aromatic rings. The van der Waals surface area contributed by atoms with E-state index in [0.717, 1.165) is 0 Å². The lowest BCUT2D eigenvalue weighted by molar-refractivity contribution is -0.116. The van der Waals surface area contributed by atoms with Crippen molar-refractivity contribution in [3.8, 4) is 0 Å². The van der Waals surface area contributed by atoms with Crippen molar-refractivity contribution in [3.05, 3.63) is 90.0 Å². The molecule has 0 atom stereocenters. The molecule has 0 spiro atoms. The van der Waals surface area contributed by atoms with Crippen LogP contribution in [0, 0.1) is 5.82 Å². The van der Waals surface area contributed by atoms with Crippen molar-refractivity contribution in [1.82, 2.24) is 14.7 Å². The zero-order chi connectivity index (χ0) is 22.6. The van der Waals surface area contributed by atoms with Gasteiger partial charge in [-0.3, -0.25) is 4.79 Å². The third-order valence-corrected chi connectivity index (χ3v) is 6.30. The molecule has 0 saturated carbocycles. The fraction of sp³-hybridized carbons (Fsp3) is 0.130. The van der Waals surface area contributed by atoms with Gasteiger partial charge in [0.1, 0.15) is 11.6 Å². The summed E-state index contributed by atoms with van der Waals surface area (Å²) in [5.41, 5.74) is 2.50. The number of amides is 1. The van der Waals surface area contributed by atoms with Crippen molar-refractivity contribution in [1.29, 1.82) is 0 Å². The summed E-state index contributed by atoms with van der Waals surface area (Å²) in [7, 11) is -3.65. The first kappa shape index (κ1) is 21.7. The SMILES string of the molecule is O=C(CCNS(=O)(=O)c1ccccc1)Nc1ccc2nc(Cc3ccccc3F)[nH]c2c1. The Morgan fingerprint density at radius 3 is 2.53 bits per heavy atom. The zero-order valence-electron chi connectivity index (χ0n) is 17.0. The summed E-state index contributed by atoms with van der Waals surface area (Å²) < 4.78 is 40.7. The lowest BCUT2D eigenvalue weighted by Gasteiger charge is -2.07. The first-order chi connectivity index (χ1) is 15.4. The van der Waals surface area contributed by atoms with Crippen LogP contribution in [0.5, 0.6) is 0 Å². The predicted molar refractivity (Wildman–Crippen MR) is 120 cm³/mol. The van der Waals surface area contributed by atoms with Crippen LogP contribution in [0.2, 0.25) is 0 Å². The molecule has 0 aliphatic rings. The number of rotatable bonds is 8. The Labute approximate surface area is 184 Å². The molecule has 1 aromatic heterocycles. The maximum absolute atomic E-state index is 13.9. The van der Waals surface area contributed by atoms with Crippen molar-refractivity contribution < 1.29 is 17.6 Å². The van der Waals surface area contributed by atoms with Crippen LogP contribution in [0.4, 0.5) is 10.1 Å². The molecule has 0 fully saturated rings. The number of carbonyl (C=O) groups excluding carboxylic acids is 1. The molecule has 0 radical (unpaired) electrons. The molecular weight excluding hydrogens is 431 g/mol. The molecule has 9 heteroatoms. The molecule has 7 nitrogen and oxygen atoms in total. The summed E-state index contributed by atoms with van der Waals surface area (Å²) in [6, 6.07) is 19.7. The highest BCUT2D eigenvalue weighted by Crippen LogP contribution is 2.19. The van der Waals surface area contributed by atoms with E-state index in [1.165, 1.54) is 18.2 Å². The van der Waals surface area contributed by atoms with E-state index in [0.29, 0.717) is 34.5 Å². The van der Waals surface area contributed by atoms with Crippen LogP contribution in [0.1, 0.15) is 17.8 Å². The number of halogens is 1. The van der Waals surface area contributed by atoms with Gasteiger partial charge < -0.3 is 10.3 Å². The Bertz CT molecular complexity index is 1350. The fourth-order valence-corrected chi connectivity index (χ4v) is 4.30. The second-order valence-electron chi connectivity index (χ2n) is 7.19. The average Bonchev–Trinajstić information content (AvgIpc) is 3.17. The van der Waals surface area contributed by atoms with Crippen molar-refractivity contribution in [3.63, 3.8) is 0 Å². The highest BCUT2D eigenvalue weighted by atomic mass is 32.2. The van der Waals surface area contributed by atoms with Gasteiger partial charge in [-0.15, -0.1) is 0 Å². The van der Waals surface area contributed by atoms with Gasteiger partial charge in [-0.05, 0) is 42.0 Å². The lowest BCUT2D eigenvalue weighted by atomic mass is 10.1. The highest BCUT2D eigenvalue weighted by molar-refractivity contribution is 7.89. The van der Waals surface area contributed by atoms with Crippen LogP contribution in [0.15, 0.2) is 77.7 Å². The number of carbonyl (C=O) groups is 1. The molecule has 0 unspecified atom stereocenters. The second-order valence-corrected chi connectivity index (χ2v) is 8.96. The van der Waals surface area contributed by atoms with Gasteiger partial charge >= 0.3 is 0 Å². The minimum Gasteiger partial charge on any atom is -0.342 e.